The Bertz CT molecular complexity index is 646. The topological polar surface area (TPSA) is 49.3 Å². The van der Waals surface area contributed by atoms with Gasteiger partial charge in [-0.15, -0.1) is 0 Å². The summed E-state index contributed by atoms with van der Waals surface area (Å²) in [6.07, 6.45) is 0. The first kappa shape index (κ1) is 15.8. The van der Waals surface area contributed by atoms with Gasteiger partial charge in [-0.2, -0.15) is 0 Å². The summed E-state index contributed by atoms with van der Waals surface area (Å²) in [4.78, 5) is 11.7. The number of benzene rings is 2. The maximum absolute atomic E-state index is 11.7. The maximum atomic E-state index is 11.7. The van der Waals surface area contributed by atoms with Gasteiger partial charge in [-0.3, -0.25) is 5.32 Å². The Morgan fingerprint density at radius 1 is 1.19 bits per heavy atom. The monoisotopic (exact) mass is 323 g/mol. The number of carbonyl (C=O) groups is 1. The van der Waals surface area contributed by atoms with Gasteiger partial charge in [-0.05, 0) is 24.6 Å². The van der Waals surface area contributed by atoms with Crippen molar-refractivity contribution in [3.63, 3.8) is 0 Å². The van der Waals surface area contributed by atoms with E-state index in [9.17, 15) is 9.90 Å². The lowest BCUT2D eigenvalue weighted by atomic mass is 9.91. The van der Waals surface area contributed by atoms with E-state index in [1.807, 2.05) is 30.3 Å². The molecule has 1 unspecified atom stereocenters. The molecule has 0 aliphatic heterocycles. The summed E-state index contributed by atoms with van der Waals surface area (Å²) < 4.78 is 0. The molecule has 110 valence electrons. The molecule has 3 nitrogen and oxygen atoms in total. The Morgan fingerprint density at radius 3 is 2.43 bits per heavy atom. The Morgan fingerprint density at radius 2 is 1.86 bits per heavy atom. The smallest absolute Gasteiger partial charge is 0.328 e. The molecule has 0 saturated heterocycles. The van der Waals surface area contributed by atoms with Crippen molar-refractivity contribution in [2.45, 2.75) is 19.0 Å². The highest BCUT2D eigenvalue weighted by Crippen LogP contribution is 2.31. The molecule has 1 atom stereocenters. The van der Waals surface area contributed by atoms with Crippen LogP contribution in [0.5, 0.6) is 0 Å². The third-order valence-corrected chi connectivity index (χ3v) is 3.93. The van der Waals surface area contributed by atoms with E-state index in [-0.39, 0.29) is 0 Å². The van der Waals surface area contributed by atoms with Crippen molar-refractivity contribution in [1.29, 1.82) is 0 Å². The minimum absolute atomic E-state index is 0.327. The lowest BCUT2D eigenvalue weighted by molar-refractivity contribution is -0.144. The number of rotatable bonds is 5. The van der Waals surface area contributed by atoms with Gasteiger partial charge in [0.15, 0.2) is 0 Å². The van der Waals surface area contributed by atoms with Gasteiger partial charge < -0.3 is 5.11 Å². The Kier molecular flexibility index (Phi) is 4.88. The van der Waals surface area contributed by atoms with Crippen LogP contribution in [-0.2, 0) is 16.9 Å². The fraction of sp³-hybridized carbons (Fsp3) is 0.188. The van der Waals surface area contributed by atoms with Crippen LogP contribution in [0.2, 0.25) is 10.0 Å². The molecule has 0 aliphatic carbocycles. The number of carboxylic acid groups (broad SMARTS) is 1. The van der Waals surface area contributed by atoms with Crippen LogP contribution in [0.1, 0.15) is 18.1 Å². The molecule has 0 bridgehead atoms. The van der Waals surface area contributed by atoms with Crippen LogP contribution in [0.25, 0.3) is 0 Å². The fourth-order valence-electron chi connectivity index (χ4n) is 2.06. The predicted octanol–water partition coefficient (Wildman–Crippen LogP) is 4.08. The van der Waals surface area contributed by atoms with Gasteiger partial charge in [-0.25, -0.2) is 4.79 Å². The molecular weight excluding hydrogens is 309 g/mol. The number of hydrogen-bond acceptors (Lipinski definition) is 2. The zero-order valence-electron chi connectivity index (χ0n) is 11.4. The second-order valence-electron chi connectivity index (χ2n) is 4.89. The normalized spacial score (nSPS) is 13.7. The average Bonchev–Trinajstić information content (AvgIpc) is 2.45. The van der Waals surface area contributed by atoms with Crippen molar-refractivity contribution in [2.24, 2.45) is 0 Å². The van der Waals surface area contributed by atoms with Crippen LogP contribution >= 0.6 is 23.2 Å². The number of aliphatic carboxylic acids is 1. The molecule has 2 aromatic rings. The molecule has 0 spiro atoms. The summed E-state index contributed by atoms with van der Waals surface area (Å²) in [6.45, 7) is 2.01. The highest BCUT2D eigenvalue weighted by atomic mass is 35.5. The van der Waals surface area contributed by atoms with Crippen LogP contribution in [0.3, 0.4) is 0 Å². The second-order valence-corrected chi connectivity index (χ2v) is 5.74. The molecule has 0 saturated carbocycles. The van der Waals surface area contributed by atoms with Crippen LogP contribution in [0.15, 0.2) is 48.5 Å². The highest BCUT2D eigenvalue weighted by Gasteiger charge is 2.36. The van der Waals surface area contributed by atoms with Crippen molar-refractivity contribution in [3.8, 4) is 0 Å². The van der Waals surface area contributed by atoms with E-state index in [0.29, 0.717) is 22.2 Å². The van der Waals surface area contributed by atoms with Crippen molar-refractivity contribution in [2.75, 3.05) is 0 Å². The molecule has 2 rings (SSSR count). The summed E-state index contributed by atoms with van der Waals surface area (Å²) >= 11 is 12.0. The fourth-order valence-corrected chi connectivity index (χ4v) is 2.65. The zero-order valence-corrected chi connectivity index (χ0v) is 12.9. The predicted molar refractivity (Wildman–Crippen MR) is 84.7 cm³/mol. The van der Waals surface area contributed by atoms with Crippen molar-refractivity contribution in [1.82, 2.24) is 5.32 Å². The lowest BCUT2D eigenvalue weighted by Gasteiger charge is -2.28. The molecule has 2 N–H and O–H groups in total. The molecular formula is C16H15Cl2NO2. The van der Waals surface area contributed by atoms with Gasteiger partial charge in [0.2, 0.25) is 0 Å². The van der Waals surface area contributed by atoms with Gasteiger partial charge in [0.05, 0.1) is 0 Å². The third kappa shape index (κ3) is 3.56. The van der Waals surface area contributed by atoms with Gasteiger partial charge >= 0.3 is 5.97 Å². The molecule has 2 aromatic carbocycles. The minimum atomic E-state index is -1.29. The average molecular weight is 324 g/mol. The highest BCUT2D eigenvalue weighted by molar-refractivity contribution is 6.35. The van der Waals surface area contributed by atoms with E-state index in [4.69, 9.17) is 23.2 Å². The van der Waals surface area contributed by atoms with Gasteiger partial charge in [0, 0.05) is 22.2 Å². The Balaban J connectivity index is 2.30. The first-order chi connectivity index (χ1) is 9.93. The molecule has 0 aromatic heterocycles. The molecule has 21 heavy (non-hydrogen) atoms. The molecule has 0 fully saturated rings. The van der Waals surface area contributed by atoms with E-state index in [0.717, 1.165) is 5.56 Å². The molecule has 0 aliphatic rings. The first-order valence-electron chi connectivity index (χ1n) is 6.41. The summed E-state index contributed by atoms with van der Waals surface area (Å²) in [6, 6.07) is 14.4. The standard InChI is InChI=1S/C16H15Cl2NO2/c1-16(15(20)21,13-8-7-12(17)9-14(13)18)19-10-11-5-3-2-4-6-11/h2-9,19H,10H2,1H3,(H,20,21). The van der Waals surface area contributed by atoms with Crippen molar-refractivity contribution < 1.29 is 9.90 Å². The van der Waals surface area contributed by atoms with Crippen LogP contribution in [-0.4, -0.2) is 11.1 Å². The molecule has 5 heteroatoms. The Hall–Kier alpha value is -1.55. The quantitative estimate of drug-likeness (QED) is 0.871. The van der Waals surface area contributed by atoms with Gasteiger partial charge in [0.1, 0.15) is 5.54 Å². The van der Waals surface area contributed by atoms with E-state index in [1.54, 1.807) is 25.1 Å². The number of carboxylic acids is 1. The van der Waals surface area contributed by atoms with E-state index >= 15 is 0 Å². The number of halogens is 2. The summed E-state index contributed by atoms with van der Waals surface area (Å²) in [5.74, 6) is -0.998. The summed E-state index contributed by atoms with van der Waals surface area (Å²) in [5, 5.41) is 13.5. The van der Waals surface area contributed by atoms with Crippen LogP contribution < -0.4 is 5.32 Å². The SMILES string of the molecule is CC(NCc1ccccc1)(C(=O)O)c1ccc(Cl)cc1Cl. The van der Waals surface area contributed by atoms with Gasteiger partial charge in [-0.1, -0.05) is 59.6 Å². The first-order valence-corrected chi connectivity index (χ1v) is 7.17. The van der Waals surface area contributed by atoms with E-state index in [2.05, 4.69) is 5.32 Å². The second kappa shape index (κ2) is 6.48. The Labute approximate surface area is 133 Å². The summed E-state index contributed by atoms with van der Waals surface area (Å²) in [7, 11) is 0. The van der Waals surface area contributed by atoms with E-state index < -0.39 is 11.5 Å². The molecule has 0 amide bonds. The number of nitrogens with one attached hydrogen (secondary N) is 1. The maximum Gasteiger partial charge on any atom is 0.328 e. The van der Waals surface area contributed by atoms with Crippen molar-refractivity contribution >= 4 is 29.2 Å². The van der Waals surface area contributed by atoms with Gasteiger partial charge in [0.25, 0.3) is 0 Å². The number of hydrogen-bond donors (Lipinski definition) is 2. The van der Waals surface area contributed by atoms with Crippen LogP contribution in [0.4, 0.5) is 0 Å². The van der Waals surface area contributed by atoms with Crippen LogP contribution in [0, 0.1) is 0 Å². The van der Waals surface area contributed by atoms with Crippen molar-refractivity contribution in [3.05, 3.63) is 69.7 Å². The molecule has 0 heterocycles. The lowest BCUT2D eigenvalue weighted by Crippen LogP contribution is -2.46. The third-order valence-electron chi connectivity index (χ3n) is 3.39. The molecule has 0 radical (unpaired) electrons. The summed E-state index contributed by atoms with van der Waals surface area (Å²) in [5.41, 5.74) is 0.185. The largest absolute Gasteiger partial charge is 0.480 e. The van der Waals surface area contributed by atoms with E-state index in [1.165, 1.54) is 0 Å². The zero-order chi connectivity index (χ0) is 15.5. The minimum Gasteiger partial charge on any atom is -0.480 e.